The molecular weight excluding hydrogens is 202 g/mol. The topological polar surface area (TPSA) is 74.6 Å². The molecule has 0 aromatic rings. The highest BCUT2D eigenvalue weighted by Gasteiger charge is 2.24. The molecule has 0 fully saturated rings. The predicted molar refractivity (Wildman–Crippen MR) is 52.3 cm³/mol. The van der Waals surface area contributed by atoms with Crippen LogP contribution < -0.4 is 0 Å². The SMILES string of the molecule is C=C(C(=O)O)C(CCCCC[18F])C(=O)O. The number of carbonyl (C=O) groups is 2. The van der Waals surface area contributed by atoms with Gasteiger partial charge in [-0.05, 0) is 12.8 Å². The Labute approximate surface area is 87.4 Å². The minimum Gasteiger partial charge on any atom is -0.481 e. The summed E-state index contributed by atoms with van der Waals surface area (Å²) in [5, 5.41) is 17.3. The zero-order valence-electron chi connectivity index (χ0n) is 8.41. The van der Waals surface area contributed by atoms with Crippen LogP contribution in [-0.4, -0.2) is 28.8 Å². The van der Waals surface area contributed by atoms with Gasteiger partial charge in [0.25, 0.3) is 0 Å². The lowest BCUT2D eigenvalue weighted by atomic mass is 9.94. The van der Waals surface area contributed by atoms with E-state index in [9.17, 15) is 14.0 Å². The highest BCUT2D eigenvalue weighted by molar-refractivity contribution is 5.93. The third-order valence-corrected chi connectivity index (χ3v) is 2.12. The molecule has 0 aliphatic heterocycles. The fourth-order valence-corrected chi connectivity index (χ4v) is 1.22. The molecule has 15 heavy (non-hydrogen) atoms. The summed E-state index contributed by atoms with van der Waals surface area (Å²) < 4.78 is 11.7. The minimum absolute atomic E-state index is 0.195. The van der Waals surface area contributed by atoms with Gasteiger partial charge in [0.2, 0.25) is 0 Å². The number of carboxylic acid groups (broad SMARTS) is 2. The quantitative estimate of drug-likeness (QED) is 0.480. The molecule has 0 aromatic heterocycles. The molecule has 0 spiro atoms. The van der Waals surface area contributed by atoms with Gasteiger partial charge in [0.1, 0.15) is 0 Å². The van der Waals surface area contributed by atoms with Crippen LogP contribution in [0.5, 0.6) is 0 Å². The molecule has 0 aliphatic rings. The zero-order valence-corrected chi connectivity index (χ0v) is 8.41. The average molecular weight is 217 g/mol. The van der Waals surface area contributed by atoms with Crippen molar-refractivity contribution in [3.8, 4) is 0 Å². The van der Waals surface area contributed by atoms with Crippen LogP contribution >= 0.6 is 0 Å². The molecule has 1 unspecified atom stereocenters. The molecule has 1 atom stereocenters. The minimum atomic E-state index is -1.30. The van der Waals surface area contributed by atoms with Gasteiger partial charge in [-0.15, -0.1) is 0 Å². The molecule has 0 amide bonds. The van der Waals surface area contributed by atoms with Crippen molar-refractivity contribution in [3.05, 3.63) is 12.2 Å². The Balaban J connectivity index is 4.12. The molecule has 5 heteroatoms. The Morgan fingerprint density at radius 1 is 1.20 bits per heavy atom. The van der Waals surface area contributed by atoms with Crippen LogP contribution in [0, 0.1) is 5.92 Å². The fourth-order valence-electron chi connectivity index (χ4n) is 1.22. The van der Waals surface area contributed by atoms with Gasteiger partial charge in [-0.2, -0.15) is 0 Å². The molecular formula is C10H15FO4. The standard InChI is InChI=1S/C10H15FO4/c1-7(9(12)13)8(10(14)15)5-3-2-4-6-11/h8H,1-6H2,(H,12,13)(H,14,15)/i11-1. The summed E-state index contributed by atoms with van der Waals surface area (Å²) in [6.45, 7) is 2.79. The van der Waals surface area contributed by atoms with E-state index in [1.165, 1.54) is 0 Å². The first-order valence-electron chi connectivity index (χ1n) is 4.71. The van der Waals surface area contributed by atoms with E-state index in [-0.39, 0.29) is 12.0 Å². The maximum absolute atomic E-state index is 11.7. The number of halogens is 1. The van der Waals surface area contributed by atoms with E-state index in [2.05, 4.69) is 6.58 Å². The van der Waals surface area contributed by atoms with Crippen molar-refractivity contribution in [1.82, 2.24) is 0 Å². The van der Waals surface area contributed by atoms with E-state index in [4.69, 9.17) is 10.2 Å². The van der Waals surface area contributed by atoms with Gasteiger partial charge in [0, 0.05) is 5.57 Å². The largest absolute Gasteiger partial charge is 0.481 e. The molecule has 0 radical (unpaired) electrons. The van der Waals surface area contributed by atoms with Gasteiger partial charge < -0.3 is 10.2 Å². The van der Waals surface area contributed by atoms with Crippen molar-refractivity contribution >= 4 is 11.9 Å². The second kappa shape index (κ2) is 6.98. The van der Waals surface area contributed by atoms with Crippen molar-refractivity contribution in [3.63, 3.8) is 0 Å². The third-order valence-electron chi connectivity index (χ3n) is 2.12. The van der Waals surface area contributed by atoms with Crippen LogP contribution in [-0.2, 0) is 9.59 Å². The molecule has 0 aromatic carbocycles. The molecule has 2 N–H and O–H groups in total. The van der Waals surface area contributed by atoms with Gasteiger partial charge in [0.15, 0.2) is 0 Å². The average Bonchev–Trinajstić information content (AvgIpc) is 2.16. The van der Waals surface area contributed by atoms with Crippen LogP contribution in [0.25, 0.3) is 0 Å². The molecule has 0 aliphatic carbocycles. The van der Waals surface area contributed by atoms with E-state index in [0.29, 0.717) is 19.3 Å². The fraction of sp³-hybridized carbons (Fsp3) is 0.600. The molecule has 0 bridgehead atoms. The molecule has 4 nitrogen and oxygen atoms in total. The van der Waals surface area contributed by atoms with E-state index in [1.54, 1.807) is 0 Å². The Hall–Kier alpha value is -1.39. The lowest BCUT2D eigenvalue weighted by Crippen LogP contribution is -2.20. The smallest absolute Gasteiger partial charge is 0.331 e. The van der Waals surface area contributed by atoms with Gasteiger partial charge in [-0.25, -0.2) is 4.79 Å². The predicted octanol–water partition coefficient (Wildman–Crippen LogP) is 1.86. The Kier molecular flexibility index (Phi) is 6.33. The van der Waals surface area contributed by atoms with Crippen LogP contribution in [0.3, 0.4) is 0 Å². The van der Waals surface area contributed by atoms with E-state index >= 15 is 0 Å². The van der Waals surface area contributed by atoms with Gasteiger partial charge >= 0.3 is 11.9 Å². The summed E-state index contributed by atoms with van der Waals surface area (Å²) >= 11 is 0. The van der Waals surface area contributed by atoms with E-state index < -0.39 is 24.5 Å². The number of aliphatic carboxylic acids is 2. The van der Waals surface area contributed by atoms with E-state index in [1.807, 2.05) is 0 Å². The van der Waals surface area contributed by atoms with Crippen molar-refractivity contribution in [2.45, 2.75) is 25.7 Å². The summed E-state index contributed by atoms with van der Waals surface area (Å²) in [7, 11) is 0. The molecule has 0 rings (SSSR count). The molecule has 0 saturated carbocycles. The van der Waals surface area contributed by atoms with Crippen molar-refractivity contribution in [1.29, 1.82) is 0 Å². The van der Waals surface area contributed by atoms with Crippen LogP contribution in [0.2, 0.25) is 0 Å². The van der Waals surface area contributed by atoms with Crippen LogP contribution in [0.1, 0.15) is 25.7 Å². The van der Waals surface area contributed by atoms with Gasteiger partial charge in [-0.3, -0.25) is 9.18 Å². The van der Waals surface area contributed by atoms with E-state index in [0.717, 1.165) is 0 Å². The first kappa shape index (κ1) is 13.6. The highest BCUT2D eigenvalue weighted by atomic mass is 18.2. The zero-order chi connectivity index (χ0) is 11.8. The second-order valence-corrected chi connectivity index (χ2v) is 3.26. The third kappa shape index (κ3) is 5.15. The van der Waals surface area contributed by atoms with Crippen molar-refractivity contribution in [2.75, 3.05) is 6.67 Å². The maximum atomic E-state index is 11.7. The number of hydrogen-bond donors (Lipinski definition) is 2. The summed E-state index contributed by atoms with van der Waals surface area (Å²) in [6.07, 6.45) is 1.63. The monoisotopic (exact) mass is 217 g/mol. The first-order valence-corrected chi connectivity index (χ1v) is 4.71. The van der Waals surface area contributed by atoms with Gasteiger partial charge in [-0.1, -0.05) is 19.4 Å². The highest BCUT2D eigenvalue weighted by Crippen LogP contribution is 2.18. The number of hydrogen-bond acceptors (Lipinski definition) is 2. The first-order chi connectivity index (χ1) is 7.00. The summed E-state index contributed by atoms with van der Waals surface area (Å²) in [5.74, 6) is -3.56. The number of alkyl halides is 1. The molecule has 86 valence electrons. The Morgan fingerprint density at radius 2 is 1.80 bits per heavy atom. The number of carboxylic acids is 2. The molecule has 0 saturated heterocycles. The number of unbranched alkanes of at least 4 members (excludes halogenated alkanes) is 2. The lowest BCUT2D eigenvalue weighted by Gasteiger charge is -2.11. The van der Waals surface area contributed by atoms with Crippen LogP contribution in [0.4, 0.5) is 4.39 Å². The lowest BCUT2D eigenvalue weighted by molar-refractivity contribution is -0.144. The molecule has 0 heterocycles. The maximum Gasteiger partial charge on any atom is 0.331 e. The summed E-state index contributed by atoms with van der Waals surface area (Å²) in [4.78, 5) is 21.2. The Morgan fingerprint density at radius 3 is 2.20 bits per heavy atom. The number of rotatable bonds is 8. The summed E-state index contributed by atoms with van der Waals surface area (Å²) in [6, 6.07) is 0. The van der Waals surface area contributed by atoms with Crippen LogP contribution in [0.15, 0.2) is 12.2 Å². The second-order valence-electron chi connectivity index (χ2n) is 3.26. The Bertz CT molecular complexity index is 250. The normalized spacial score (nSPS) is 12.1. The van der Waals surface area contributed by atoms with Gasteiger partial charge in [0.05, 0.1) is 12.6 Å². The van der Waals surface area contributed by atoms with Crippen molar-refractivity contribution < 1.29 is 24.2 Å². The summed E-state index contributed by atoms with van der Waals surface area (Å²) in [5.41, 5.74) is -0.317. The van der Waals surface area contributed by atoms with Crippen molar-refractivity contribution in [2.24, 2.45) is 5.92 Å².